The second-order valence-corrected chi connectivity index (χ2v) is 8.49. The van der Waals surface area contributed by atoms with Gasteiger partial charge in [0, 0.05) is 30.1 Å². The summed E-state index contributed by atoms with van der Waals surface area (Å²) in [4.78, 5) is 23.4. The Morgan fingerprint density at radius 1 is 1.27 bits per heavy atom. The zero-order chi connectivity index (χ0) is 18.9. The van der Waals surface area contributed by atoms with Gasteiger partial charge in [0.05, 0.1) is 5.75 Å². The average molecular weight is 380 g/mol. The summed E-state index contributed by atoms with van der Waals surface area (Å²) in [6, 6.07) is 6.31. The van der Waals surface area contributed by atoms with Crippen molar-refractivity contribution in [3.8, 4) is 0 Å². The number of aromatic carboxylic acids is 1. The van der Waals surface area contributed by atoms with Crippen molar-refractivity contribution in [3.05, 3.63) is 30.0 Å². The number of hydrogen-bond acceptors (Lipinski definition) is 5. The third kappa shape index (κ3) is 3.73. The molecule has 2 aromatic rings. The molecule has 0 unspecified atom stereocenters. The highest BCUT2D eigenvalue weighted by Crippen LogP contribution is 2.25. The van der Waals surface area contributed by atoms with Gasteiger partial charge in [-0.05, 0) is 44.0 Å². The Morgan fingerprint density at radius 3 is 2.58 bits per heavy atom. The SMILES string of the molecule is CCS(=O)(=O)N1CCC(C(=O)Nc2ccc3oc(C(=O)O)cc3c2)CC1. The molecule has 2 heterocycles. The lowest BCUT2D eigenvalue weighted by atomic mass is 9.97. The number of nitrogens with one attached hydrogen (secondary N) is 1. The van der Waals surface area contributed by atoms with Gasteiger partial charge >= 0.3 is 5.97 Å². The van der Waals surface area contributed by atoms with Crippen LogP contribution in [0.25, 0.3) is 11.0 Å². The van der Waals surface area contributed by atoms with Gasteiger partial charge in [-0.25, -0.2) is 17.5 Å². The number of carboxylic acids is 1. The molecule has 0 aliphatic carbocycles. The maximum absolute atomic E-state index is 12.4. The molecule has 140 valence electrons. The van der Waals surface area contributed by atoms with Crippen LogP contribution in [0.3, 0.4) is 0 Å². The third-order valence-electron chi connectivity index (χ3n) is 4.58. The lowest BCUT2D eigenvalue weighted by Gasteiger charge is -2.30. The van der Waals surface area contributed by atoms with Crippen LogP contribution in [0, 0.1) is 5.92 Å². The van der Waals surface area contributed by atoms with Gasteiger partial charge in [-0.3, -0.25) is 4.79 Å². The number of rotatable bonds is 5. The number of carboxylic acid groups (broad SMARTS) is 1. The summed E-state index contributed by atoms with van der Waals surface area (Å²) in [5.41, 5.74) is 0.974. The Kier molecular flexibility index (Phi) is 5.01. The normalized spacial score (nSPS) is 16.7. The second kappa shape index (κ2) is 7.08. The number of anilines is 1. The van der Waals surface area contributed by atoms with Crippen LogP contribution < -0.4 is 5.32 Å². The highest BCUT2D eigenvalue weighted by molar-refractivity contribution is 7.89. The molecule has 26 heavy (non-hydrogen) atoms. The topological polar surface area (TPSA) is 117 Å². The molecule has 1 saturated heterocycles. The van der Waals surface area contributed by atoms with Crippen LogP contribution in [0.5, 0.6) is 0 Å². The molecule has 1 aliphatic heterocycles. The number of amides is 1. The van der Waals surface area contributed by atoms with Crippen molar-refractivity contribution in [1.29, 1.82) is 0 Å². The summed E-state index contributed by atoms with van der Waals surface area (Å²) in [5, 5.41) is 12.4. The van der Waals surface area contributed by atoms with E-state index in [-0.39, 0.29) is 23.3 Å². The Balaban J connectivity index is 1.65. The summed E-state index contributed by atoms with van der Waals surface area (Å²) >= 11 is 0. The molecule has 8 nitrogen and oxygen atoms in total. The van der Waals surface area contributed by atoms with Crippen LogP contribution in [0.1, 0.15) is 30.3 Å². The molecular weight excluding hydrogens is 360 g/mol. The fourth-order valence-corrected chi connectivity index (χ4v) is 4.18. The molecule has 3 rings (SSSR count). The van der Waals surface area contributed by atoms with Crippen molar-refractivity contribution in [3.63, 3.8) is 0 Å². The minimum absolute atomic E-state index is 0.0624. The minimum Gasteiger partial charge on any atom is -0.475 e. The van der Waals surface area contributed by atoms with Gasteiger partial charge in [-0.15, -0.1) is 0 Å². The van der Waals surface area contributed by atoms with E-state index in [1.54, 1.807) is 25.1 Å². The number of carbonyl (C=O) groups excluding carboxylic acids is 1. The Bertz CT molecular complexity index is 941. The van der Waals surface area contributed by atoms with E-state index in [1.165, 1.54) is 10.4 Å². The van der Waals surface area contributed by atoms with E-state index in [4.69, 9.17) is 9.52 Å². The molecule has 1 aromatic carbocycles. The zero-order valence-electron chi connectivity index (χ0n) is 14.3. The van der Waals surface area contributed by atoms with Crippen LogP contribution in [-0.2, 0) is 14.8 Å². The average Bonchev–Trinajstić information content (AvgIpc) is 3.05. The van der Waals surface area contributed by atoms with Crippen molar-refractivity contribution in [2.24, 2.45) is 5.92 Å². The van der Waals surface area contributed by atoms with Crippen LogP contribution in [0.15, 0.2) is 28.7 Å². The summed E-state index contributed by atoms with van der Waals surface area (Å²) < 4.78 is 30.4. The molecule has 0 bridgehead atoms. The van der Waals surface area contributed by atoms with Crippen LogP contribution >= 0.6 is 0 Å². The van der Waals surface area contributed by atoms with Gasteiger partial charge in [0.2, 0.25) is 21.7 Å². The Labute approximate surface area is 150 Å². The van der Waals surface area contributed by atoms with E-state index in [1.807, 2.05) is 0 Å². The predicted molar refractivity (Wildman–Crippen MR) is 95.6 cm³/mol. The fourth-order valence-electron chi connectivity index (χ4n) is 3.05. The molecule has 0 atom stereocenters. The molecule has 1 aliphatic rings. The molecule has 2 N–H and O–H groups in total. The quantitative estimate of drug-likeness (QED) is 0.821. The van der Waals surface area contributed by atoms with Crippen molar-refractivity contribution in [2.75, 3.05) is 24.2 Å². The lowest BCUT2D eigenvalue weighted by Crippen LogP contribution is -2.42. The smallest absolute Gasteiger partial charge is 0.371 e. The predicted octanol–water partition coefficient (Wildman–Crippen LogP) is 2.13. The van der Waals surface area contributed by atoms with Crippen molar-refractivity contribution >= 4 is 38.6 Å². The van der Waals surface area contributed by atoms with Crippen molar-refractivity contribution < 1.29 is 27.5 Å². The number of benzene rings is 1. The zero-order valence-corrected chi connectivity index (χ0v) is 15.1. The molecule has 0 saturated carbocycles. The molecule has 1 fully saturated rings. The van der Waals surface area contributed by atoms with E-state index in [9.17, 15) is 18.0 Å². The summed E-state index contributed by atoms with van der Waals surface area (Å²) in [7, 11) is -3.22. The molecule has 1 aromatic heterocycles. The van der Waals surface area contributed by atoms with Crippen molar-refractivity contribution in [2.45, 2.75) is 19.8 Å². The Hall–Kier alpha value is -2.39. The largest absolute Gasteiger partial charge is 0.475 e. The Morgan fingerprint density at radius 2 is 1.96 bits per heavy atom. The monoisotopic (exact) mass is 380 g/mol. The van der Waals surface area contributed by atoms with Gasteiger partial charge in [0.25, 0.3) is 0 Å². The highest BCUT2D eigenvalue weighted by atomic mass is 32.2. The first-order chi connectivity index (χ1) is 12.3. The summed E-state index contributed by atoms with van der Waals surface area (Å²) in [6.45, 7) is 2.30. The van der Waals surface area contributed by atoms with E-state index in [0.717, 1.165) is 0 Å². The number of hydrogen-bond donors (Lipinski definition) is 2. The lowest BCUT2D eigenvalue weighted by molar-refractivity contribution is -0.120. The van der Waals surface area contributed by atoms with Crippen LogP contribution in [-0.4, -0.2) is 48.5 Å². The molecule has 9 heteroatoms. The van der Waals surface area contributed by atoms with Gasteiger partial charge in [0.15, 0.2) is 0 Å². The molecule has 0 radical (unpaired) electrons. The number of piperidine rings is 1. The van der Waals surface area contributed by atoms with Gasteiger partial charge in [-0.1, -0.05) is 0 Å². The highest BCUT2D eigenvalue weighted by Gasteiger charge is 2.30. The van der Waals surface area contributed by atoms with E-state index >= 15 is 0 Å². The number of sulfonamides is 1. The summed E-state index contributed by atoms with van der Waals surface area (Å²) in [5.74, 6) is -1.67. The molecule has 1 amide bonds. The van der Waals surface area contributed by atoms with Gasteiger partial charge in [0.1, 0.15) is 5.58 Å². The van der Waals surface area contributed by atoms with Crippen molar-refractivity contribution in [1.82, 2.24) is 4.31 Å². The maximum Gasteiger partial charge on any atom is 0.371 e. The van der Waals surface area contributed by atoms with Gasteiger partial charge in [-0.2, -0.15) is 0 Å². The maximum atomic E-state index is 12.4. The van der Waals surface area contributed by atoms with Crippen LogP contribution in [0.4, 0.5) is 5.69 Å². The second-order valence-electron chi connectivity index (χ2n) is 6.23. The molecule has 0 spiro atoms. The van der Waals surface area contributed by atoms with Crippen LogP contribution in [0.2, 0.25) is 0 Å². The van der Waals surface area contributed by atoms with E-state index in [2.05, 4.69) is 5.32 Å². The third-order valence-corrected chi connectivity index (χ3v) is 6.46. The number of carbonyl (C=O) groups is 2. The number of nitrogens with zero attached hydrogens (tertiary/aromatic N) is 1. The van der Waals surface area contributed by atoms with E-state index < -0.39 is 16.0 Å². The first kappa shape index (κ1) is 18.4. The number of furan rings is 1. The first-order valence-electron chi connectivity index (χ1n) is 8.35. The standard InChI is InChI=1S/C17H20N2O6S/c1-2-26(23,24)19-7-5-11(6-8-19)16(20)18-13-3-4-14-12(9-13)10-15(25-14)17(21)22/h3-4,9-11H,2,5-8H2,1H3,(H,18,20)(H,21,22). The van der Waals surface area contributed by atoms with Gasteiger partial charge < -0.3 is 14.8 Å². The molecular formula is C17H20N2O6S. The number of fused-ring (bicyclic) bond motifs is 1. The van der Waals surface area contributed by atoms with E-state index in [0.29, 0.717) is 42.6 Å². The summed E-state index contributed by atoms with van der Waals surface area (Å²) in [6.07, 6.45) is 0.949. The first-order valence-corrected chi connectivity index (χ1v) is 9.96. The minimum atomic E-state index is -3.22. The fraction of sp³-hybridized carbons (Fsp3) is 0.412.